The van der Waals surface area contributed by atoms with Crippen LogP contribution in [-0.2, 0) is 11.2 Å². The van der Waals surface area contributed by atoms with E-state index in [0.717, 1.165) is 43.3 Å². The van der Waals surface area contributed by atoms with Gasteiger partial charge in [-0.3, -0.25) is 9.89 Å². The van der Waals surface area contributed by atoms with Crippen LogP contribution in [0.3, 0.4) is 0 Å². The highest BCUT2D eigenvalue weighted by atomic mass is 32.1. The molecule has 2 aromatic heterocycles. The molecule has 0 radical (unpaired) electrons. The molecule has 2 heterocycles. The van der Waals surface area contributed by atoms with Crippen LogP contribution in [0.4, 0.5) is 5.69 Å². The Kier molecular flexibility index (Phi) is 4.52. The van der Waals surface area contributed by atoms with Gasteiger partial charge in [-0.25, -0.2) is 0 Å². The van der Waals surface area contributed by atoms with Crippen molar-refractivity contribution in [3.05, 3.63) is 65.3 Å². The van der Waals surface area contributed by atoms with Crippen molar-refractivity contribution in [1.82, 2.24) is 20.4 Å². The van der Waals surface area contributed by atoms with E-state index in [1.54, 1.807) is 11.3 Å². The summed E-state index contributed by atoms with van der Waals surface area (Å²) in [5.74, 6) is -0.100. The second kappa shape index (κ2) is 7.13. The molecule has 0 fully saturated rings. The van der Waals surface area contributed by atoms with Gasteiger partial charge in [0.05, 0.1) is 11.7 Å². The van der Waals surface area contributed by atoms with Gasteiger partial charge in [-0.1, -0.05) is 42.2 Å². The first-order valence-corrected chi connectivity index (χ1v) is 9.23. The van der Waals surface area contributed by atoms with Gasteiger partial charge in [0.2, 0.25) is 5.91 Å². The molecule has 134 valence electrons. The highest BCUT2D eigenvalue weighted by Crippen LogP contribution is 2.29. The molecule has 0 aliphatic rings. The average Bonchev–Trinajstić information content (AvgIpc) is 3.30. The fourth-order valence-corrected chi connectivity index (χ4v) is 3.88. The summed E-state index contributed by atoms with van der Waals surface area (Å²) in [7, 11) is 0. The van der Waals surface area contributed by atoms with Crippen LogP contribution in [0.1, 0.15) is 23.1 Å². The molecule has 6 nitrogen and oxygen atoms in total. The summed E-state index contributed by atoms with van der Waals surface area (Å²) in [6.45, 7) is 5.43. The standard InChI is InChI=1S/C20H17N5OS/c1-3-16-13(7-8-18-17(16)11-21-23-18)10-19-24-25-20(27-19)14-5-4-6-15(9-14)22-12(2)26/h3-9,11H,1,10H2,2H3,(H,21,23)(H,22,26). The summed E-state index contributed by atoms with van der Waals surface area (Å²) in [5.41, 5.74) is 4.86. The fraction of sp³-hybridized carbons (Fsp3) is 0.100. The first-order valence-electron chi connectivity index (χ1n) is 8.42. The molecule has 7 heteroatoms. The van der Waals surface area contributed by atoms with E-state index >= 15 is 0 Å². The van der Waals surface area contributed by atoms with Crippen LogP contribution in [0.5, 0.6) is 0 Å². The van der Waals surface area contributed by atoms with Crippen molar-refractivity contribution < 1.29 is 4.79 Å². The first-order chi connectivity index (χ1) is 13.1. The number of hydrogen-bond acceptors (Lipinski definition) is 5. The fourth-order valence-electron chi connectivity index (χ4n) is 3.02. The van der Waals surface area contributed by atoms with E-state index in [0.29, 0.717) is 6.42 Å². The zero-order valence-corrected chi connectivity index (χ0v) is 15.5. The third-order valence-corrected chi connectivity index (χ3v) is 5.17. The number of carbonyl (C=O) groups is 1. The number of amides is 1. The monoisotopic (exact) mass is 375 g/mol. The quantitative estimate of drug-likeness (QED) is 0.545. The maximum absolute atomic E-state index is 11.3. The summed E-state index contributed by atoms with van der Waals surface area (Å²) in [4.78, 5) is 11.3. The van der Waals surface area contributed by atoms with Crippen molar-refractivity contribution in [2.75, 3.05) is 5.32 Å². The third kappa shape index (κ3) is 3.50. The topological polar surface area (TPSA) is 83.6 Å². The van der Waals surface area contributed by atoms with E-state index in [-0.39, 0.29) is 5.91 Å². The number of aromatic nitrogens is 4. The summed E-state index contributed by atoms with van der Waals surface area (Å²) in [6, 6.07) is 11.7. The van der Waals surface area contributed by atoms with Gasteiger partial charge in [-0.05, 0) is 29.3 Å². The van der Waals surface area contributed by atoms with E-state index in [9.17, 15) is 4.79 Å². The Morgan fingerprint density at radius 1 is 1.30 bits per heavy atom. The molecular formula is C20H17N5OS. The molecule has 0 saturated heterocycles. The van der Waals surface area contributed by atoms with E-state index in [1.807, 2.05) is 42.6 Å². The van der Waals surface area contributed by atoms with Crippen LogP contribution in [0.15, 0.2) is 49.2 Å². The Balaban J connectivity index is 1.62. The predicted octanol–water partition coefficient (Wildman–Crippen LogP) is 4.27. The lowest BCUT2D eigenvalue weighted by Gasteiger charge is -2.05. The second-order valence-corrected chi connectivity index (χ2v) is 7.18. The molecule has 0 aliphatic carbocycles. The molecule has 4 rings (SSSR count). The number of aromatic amines is 1. The van der Waals surface area contributed by atoms with Gasteiger partial charge in [0, 0.05) is 30.0 Å². The van der Waals surface area contributed by atoms with Gasteiger partial charge < -0.3 is 5.32 Å². The first kappa shape index (κ1) is 17.1. The van der Waals surface area contributed by atoms with E-state index in [2.05, 4.69) is 38.4 Å². The van der Waals surface area contributed by atoms with Gasteiger partial charge in [-0.15, -0.1) is 10.2 Å². The minimum Gasteiger partial charge on any atom is -0.326 e. The molecule has 0 aliphatic heterocycles. The van der Waals surface area contributed by atoms with Gasteiger partial charge in [-0.2, -0.15) is 5.10 Å². The molecule has 0 saturated carbocycles. The zero-order chi connectivity index (χ0) is 18.8. The number of H-pyrrole nitrogens is 1. The van der Waals surface area contributed by atoms with Crippen LogP contribution in [0, 0.1) is 0 Å². The summed E-state index contributed by atoms with van der Waals surface area (Å²) < 4.78 is 0. The smallest absolute Gasteiger partial charge is 0.221 e. The number of nitrogens with zero attached hydrogens (tertiary/aromatic N) is 3. The van der Waals surface area contributed by atoms with Crippen LogP contribution in [0.25, 0.3) is 27.6 Å². The van der Waals surface area contributed by atoms with E-state index < -0.39 is 0 Å². The molecule has 0 unspecified atom stereocenters. The Bertz CT molecular complexity index is 1140. The lowest BCUT2D eigenvalue weighted by Crippen LogP contribution is -2.05. The van der Waals surface area contributed by atoms with E-state index in [4.69, 9.17) is 0 Å². The van der Waals surface area contributed by atoms with Crippen molar-refractivity contribution in [2.24, 2.45) is 0 Å². The average molecular weight is 375 g/mol. The maximum atomic E-state index is 11.3. The summed E-state index contributed by atoms with van der Waals surface area (Å²) in [6.07, 6.45) is 4.34. The number of hydrogen-bond donors (Lipinski definition) is 2. The molecule has 0 spiro atoms. The third-order valence-electron chi connectivity index (χ3n) is 4.20. The van der Waals surface area contributed by atoms with Crippen LogP contribution >= 0.6 is 11.3 Å². The zero-order valence-electron chi connectivity index (χ0n) is 14.7. The number of nitrogens with one attached hydrogen (secondary N) is 2. The van der Waals surface area contributed by atoms with E-state index in [1.165, 1.54) is 6.92 Å². The normalized spacial score (nSPS) is 10.9. The van der Waals surface area contributed by atoms with Crippen LogP contribution in [-0.4, -0.2) is 26.3 Å². The lowest BCUT2D eigenvalue weighted by molar-refractivity contribution is -0.114. The molecule has 1 amide bonds. The van der Waals surface area contributed by atoms with Gasteiger partial charge in [0.15, 0.2) is 0 Å². The number of carbonyl (C=O) groups excluding carboxylic acids is 1. The van der Waals surface area contributed by atoms with Gasteiger partial charge in [0.1, 0.15) is 10.0 Å². The predicted molar refractivity (Wildman–Crippen MR) is 109 cm³/mol. The largest absolute Gasteiger partial charge is 0.326 e. The van der Waals surface area contributed by atoms with Gasteiger partial charge >= 0.3 is 0 Å². The lowest BCUT2D eigenvalue weighted by atomic mass is 10.0. The van der Waals surface area contributed by atoms with Crippen molar-refractivity contribution in [3.8, 4) is 10.6 Å². The minimum absolute atomic E-state index is 0.100. The molecule has 4 aromatic rings. The van der Waals surface area contributed by atoms with Crippen molar-refractivity contribution in [1.29, 1.82) is 0 Å². The van der Waals surface area contributed by atoms with Crippen LogP contribution < -0.4 is 5.32 Å². The number of anilines is 1. The Labute approximate surface area is 160 Å². The Morgan fingerprint density at radius 2 is 2.19 bits per heavy atom. The molecule has 2 aromatic carbocycles. The van der Waals surface area contributed by atoms with Gasteiger partial charge in [0.25, 0.3) is 0 Å². The Hall–Kier alpha value is -3.32. The summed E-state index contributed by atoms with van der Waals surface area (Å²) >= 11 is 1.54. The van der Waals surface area contributed by atoms with Crippen molar-refractivity contribution in [2.45, 2.75) is 13.3 Å². The minimum atomic E-state index is -0.100. The maximum Gasteiger partial charge on any atom is 0.221 e. The van der Waals surface area contributed by atoms with Crippen molar-refractivity contribution in [3.63, 3.8) is 0 Å². The number of benzene rings is 2. The molecule has 27 heavy (non-hydrogen) atoms. The summed E-state index contributed by atoms with van der Waals surface area (Å²) in [5, 5.41) is 21.3. The highest BCUT2D eigenvalue weighted by Gasteiger charge is 2.12. The second-order valence-electron chi connectivity index (χ2n) is 6.11. The highest BCUT2D eigenvalue weighted by molar-refractivity contribution is 7.14. The van der Waals surface area contributed by atoms with Crippen molar-refractivity contribution >= 4 is 39.9 Å². The molecule has 0 atom stereocenters. The number of fused-ring (bicyclic) bond motifs is 1. The Morgan fingerprint density at radius 3 is 3.00 bits per heavy atom. The molecule has 2 N–H and O–H groups in total. The molecule has 0 bridgehead atoms. The van der Waals surface area contributed by atoms with Crippen LogP contribution in [0.2, 0.25) is 0 Å². The SMILES string of the molecule is C=Cc1c(Cc2nnc(-c3cccc(NC(C)=O)c3)s2)ccc2[nH]ncc12. The number of rotatable bonds is 5. The molecular weight excluding hydrogens is 358 g/mol.